The summed E-state index contributed by atoms with van der Waals surface area (Å²) in [5.41, 5.74) is 0.779. The Balaban J connectivity index is 1.69. The SMILES string of the molecule is Fc1cncc(F)c1NCCc1cccc2c1OCCO2. The maximum atomic E-state index is 13.4. The van der Waals surface area contributed by atoms with Gasteiger partial charge in [0.05, 0.1) is 12.4 Å². The lowest BCUT2D eigenvalue weighted by Crippen LogP contribution is -2.17. The van der Waals surface area contributed by atoms with Gasteiger partial charge in [0.1, 0.15) is 18.9 Å². The molecule has 0 saturated heterocycles. The first-order valence-electron chi connectivity index (χ1n) is 6.66. The van der Waals surface area contributed by atoms with E-state index in [4.69, 9.17) is 9.47 Å². The van der Waals surface area contributed by atoms with Crippen molar-refractivity contribution < 1.29 is 18.3 Å². The summed E-state index contributed by atoms with van der Waals surface area (Å²) >= 11 is 0. The number of hydrogen-bond donors (Lipinski definition) is 1. The van der Waals surface area contributed by atoms with Crippen LogP contribution in [0, 0.1) is 11.6 Å². The molecule has 1 aromatic heterocycles. The second-order valence-electron chi connectivity index (χ2n) is 4.60. The quantitative estimate of drug-likeness (QED) is 0.941. The zero-order valence-electron chi connectivity index (χ0n) is 11.2. The van der Waals surface area contributed by atoms with Gasteiger partial charge >= 0.3 is 0 Å². The van der Waals surface area contributed by atoms with Crippen LogP contribution in [0.4, 0.5) is 14.5 Å². The zero-order chi connectivity index (χ0) is 14.7. The van der Waals surface area contributed by atoms with Gasteiger partial charge in [-0.2, -0.15) is 0 Å². The minimum absolute atomic E-state index is 0.160. The Morgan fingerprint density at radius 1 is 1.10 bits per heavy atom. The van der Waals surface area contributed by atoms with E-state index in [9.17, 15) is 8.78 Å². The van der Waals surface area contributed by atoms with E-state index in [2.05, 4.69) is 10.3 Å². The smallest absolute Gasteiger partial charge is 0.167 e. The van der Waals surface area contributed by atoms with Crippen LogP contribution in [-0.4, -0.2) is 24.7 Å². The van der Waals surface area contributed by atoms with E-state index in [0.717, 1.165) is 18.0 Å². The molecule has 4 nitrogen and oxygen atoms in total. The summed E-state index contributed by atoms with van der Waals surface area (Å²) in [6, 6.07) is 5.62. The van der Waals surface area contributed by atoms with Crippen LogP contribution in [0.25, 0.3) is 0 Å². The summed E-state index contributed by atoms with van der Waals surface area (Å²) in [5, 5.41) is 2.75. The molecule has 0 saturated carbocycles. The molecule has 0 amide bonds. The van der Waals surface area contributed by atoms with E-state index in [1.54, 1.807) is 0 Å². The van der Waals surface area contributed by atoms with E-state index in [1.165, 1.54) is 0 Å². The lowest BCUT2D eigenvalue weighted by Gasteiger charge is -2.21. The second-order valence-corrected chi connectivity index (χ2v) is 4.60. The molecule has 1 aliphatic rings. The molecule has 0 spiro atoms. The van der Waals surface area contributed by atoms with Crippen LogP contribution < -0.4 is 14.8 Å². The third-order valence-corrected chi connectivity index (χ3v) is 3.20. The lowest BCUT2D eigenvalue weighted by atomic mass is 10.1. The largest absolute Gasteiger partial charge is 0.486 e. The first-order chi connectivity index (χ1) is 10.3. The molecule has 1 N–H and O–H groups in total. The number of ether oxygens (including phenoxy) is 2. The van der Waals surface area contributed by atoms with Gasteiger partial charge in [-0.05, 0) is 18.1 Å². The summed E-state index contributed by atoms with van der Waals surface area (Å²) in [5.74, 6) is 0.00981. The summed E-state index contributed by atoms with van der Waals surface area (Å²) in [6.07, 6.45) is 2.52. The maximum absolute atomic E-state index is 13.4. The van der Waals surface area contributed by atoms with Crippen molar-refractivity contribution in [2.75, 3.05) is 25.1 Å². The summed E-state index contributed by atoms with van der Waals surface area (Å²) in [4.78, 5) is 3.44. The Labute approximate surface area is 120 Å². The predicted molar refractivity (Wildman–Crippen MR) is 73.8 cm³/mol. The standard InChI is InChI=1S/C15H14F2N2O2/c16-11-8-18-9-12(17)14(11)19-5-4-10-2-1-3-13-15(10)21-7-6-20-13/h1-3,8-9H,4-7H2,(H,18,19). The fraction of sp³-hybridized carbons (Fsp3) is 0.267. The van der Waals surface area contributed by atoms with Crippen molar-refractivity contribution in [3.8, 4) is 11.5 Å². The van der Waals surface area contributed by atoms with Gasteiger partial charge in [-0.1, -0.05) is 12.1 Å². The molecule has 3 rings (SSSR count). The van der Waals surface area contributed by atoms with Crippen LogP contribution >= 0.6 is 0 Å². The Bertz CT molecular complexity index is 629. The van der Waals surface area contributed by atoms with Gasteiger partial charge < -0.3 is 14.8 Å². The number of anilines is 1. The highest BCUT2D eigenvalue weighted by Crippen LogP contribution is 2.33. The number of rotatable bonds is 4. The van der Waals surface area contributed by atoms with Crippen LogP contribution in [0.5, 0.6) is 11.5 Å². The van der Waals surface area contributed by atoms with Crippen LogP contribution in [-0.2, 0) is 6.42 Å². The molecule has 0 fully saturated rings. The average molecular weight is 292 g/mol. The summed E-state index contributed by atoms with van der Waals surface area (Å²) in [6.45, 7) is 1.41. The van der Waals surface area contributed by atoms with Crippen molar-refractivity contribution in [1.29, 1.82) is 0 Å². The molecule has 0 atom stereocenters. The first-order valence-corrected chi connectivity index (χ1v) is 6.66. The minimum Gasteiger partial charge on any atom is -0.486 e. The van der Waals surface area contributed by atoms with Crippen LogP contribution in [0.1, 0.15) is 5.56 Å². The molecule has 0 bridgehead atoms. The van der Waals surface area contributed by atoms with Gasteiger partial charge in [0.25, 0.3) is 0 Å². The number of fused-ring (bicyclic) bond motifs is 1. The van der Waals surface area contributed by atoms with Gasteiger partial charge in [0, 0.05) is 6.54 Å². The number of pyridine rings is 1. The Morgan fingerprint density at radius 3 is 2.67 bits per heavy atom. The molecule has 1 aliphatic heterocycles. The third kappa shape index (κ3) is 2.89. The Morgan fingerprint density at radius 2 is 1.86 bits per heavy atom. The van der Waals surface area contributed by atoms with Crippen molar-refractivity contribution in [2.24, 2.45) is 0 Å². The van der Waals surface area contributed by atoms with E-state index < -0.39 is 11.6 Å². The Kier molecular flexibility index (Phi) is 3.85. The normalized spacial score (nSPS) is 13.0. The highest BCUT2D eigenvalue weighted by atomic mass is 19.1. The molecule has 21 heavy (non-hydrogen) atoms. The number of nitrogens with one attached hydrogen (secondary N) is 1. The lowest BCUT2D eigenvalue weighted by molar-refractivity contribution is 0.170. The number of hydrogen-bond acceptors (Lipinski definition) is 4. The van der Waals surface area contributed by atoms with Gasteiger partial charge in [-0.15, -0.1) is 0 Å². The Hall–Kier alpha value is -2.37. The van der Waals surface area contributed by atoms with Gasteiger partial charge in [0.15, 0.2) is 23.1 Å². The number of halogens is 2. The molecular weight excluding hydrogens is 278 g/mol. The molecule has 0 unspecified atom stereocenters. The van der Waals surface area contributed by atoms with E-state index in [0.29, 0.717) is 37.7 Å². The summed E-state index contributed by atoms with van der Waals surface area (Å²) < 4.78 is 38.0. The monoisotopic (exact) mass is 292 g/mol. The van der Waals surface area contributed by atoms with Crippen molar-refractivity contribution in [3.05, 3.63) is 47.8 Å². The topological polar surface area (TPSA) is 43.4 Å². The van der Waals surface area contributed by atoms with E-state index >= 15 is 0 Å². The molecule has 1 aromatic carbocycles. The number of aromatic nitrogens is 1. The molecule has 2 aromatic rings. The van der Waals surface area contributed by atoms with Crippen molar-refractivity contribution in [2.45, 2.75) is 6.42 Å². The fourth-order valence-corrected chi connectivity index (χ4v) is 2.23. The van der Waals surface area contributed by atoms with Crippen LogP contribution in [0.15, 0.2) is 30.6 Å². The van der Waals surface area contributed by atoms with Crippen molar-refractivity contribution >= 4 is 5.69 Å². The first kappa shape index (κ1) is 13.6. The van der Waals surface area contributed by atoms with Crippen molar-refractivity contribution in [3.63, 3.8) is 0 Å². The molecule has 2 heterocycles. The van der Waals surface area contributed by atoms with Crippen LogP contribution in [0.2, 0.25) is 0 Å². The number of nitrogens with zero attached hydrogens (tertiary/aromatic N) is 1. The minimum atomic E-state index is -0.704. The maximum Gasteiger partial charge on any atom is 0.167 e. The number of para-hydroxylation sites is 1. The molecule has 0 radical (unpaired) electrons. The highest BCUT2D eigenvalue weighted by molar-refractivity contribution is 5.49. The zero-order valence-corrected chi connectivity index (χ0v) is 11.2. The van der Waals surface area contributed by atoms with Gasteiger partial charge in [-0.25, -0.2) is 8.78 Å². The van der Waals surface area contributed by atoms with Crippen LogP contribution in [0.3, 0.4) is 0 Å². The van der Waals surface area contributed by atoms with Gasteiger partial charge in [-0.3, -0.25) is 4.98 Å². The van der Waals surface area contributed by atoms with Gasteiger partial charge in [0.2, 0.25) is 0 Å². The molecule has 6 heteroatoms. The average Bonchev–Trinajstić information content (AvgIpc) is 2.50. The van der Waals surface area contributed by atoms with E-state index in [1.807, 2.05) is 18.2 Å². The summed E-state index contributed by atoms with van der Waals surface area (Å²) in [7, 11) is 0. The number of benzene rings is 1. The fourth-order valence-electron chi connectivity index (χ4n) is 2.23. The molecular formula is C15H14F2N2O2. The van der Waals surface area contributed by atoms with Crippen molar-refractivity contribution in [1.82, 2.24) is 4.98 Å². The highest BCUT2D eigenvalue weighted by Gasteiger charge is 2.15. The molecule has 0 aliphatic carbocycles. The second kappa shape index (κ2) is 5.95. The predicted octanol–water partition coefficient (Wildman–Crippen LogP) is 2.79. The molecule has 110 valence electrons. The third-order valence-electron chi connectivity index (χ3n) is 3.20. The van der Waals surface area contributed by atoms with E-state index in [-0.39, 0.29) is 5.69 Å².